The first-order chi connectivity index (χ1) is 8.61. The minimum absolute atomic E-state index is 0.0285. The van der Waals surface area contributed by atoms with Gasteiger partial charge in [0.05, 0.1) is 11.6 Å². The first kappa shape index (κ1) is 12.2. The third-order valence-corrected chi connectivity index (χ3v) is 5.07. The molecule has 2 atom stereocenters. The lowest BCUT2D eigenvalue weighted by Crippen LogP contribution is -2.38. The van der Waals surface area contributed by atoms with Crippen LogP contribution < -0.4 is 5.32 Å². The molecule has 0 bridgehead atoms. The van der Waals surface area contributed by atoms with Crippen molar-refractivity contribution in [1.82, 2.24) is 5.32 Å². The van der Waals surface area contributed by atoms with Crippen molar-refractivity contribution in [2.45, 2.75) is 45.3 Å². The molecule has 3 heterocycles. The van der Waals surface area contributed by atoms with Gasteiger partial charge in [-0.05, 0) is 51.0 Å². The summed E-state index contributed by atoms with van der Waals surface area (Å²) >= 11 is 1.89. The molecule has 0 aromatic carbocycles. The number of hydrogen-bond acceptors (Lipinski definition) is 3. The third kappa shape index (κ3) is 1.99. The van der Waals surface area contributed by atoms with Crippen LogP contribution in [0.1, 0.15) is 50.1 Å². The van der Waals surface area contributed by atoms with Gasteiger partial charge in [0.1, 0.15) is 0 Å². The highest BCUT2D eigenvalue weighted by molar-refractivity contribution is 7.10. The summed E-state index contributed by atoms with van der Waals surface area (Å²) in [7, 11) is 0. The van der Waals surface area contributed by atoms with E-state index in [4.69, 9.17) is 4.74 Å². The SMILES string of the molecule is C/C=C1\N[C@H]([C@@H]2CCOC(C)(C)C2)c2sccc21. The van der Waals surface area contributed by atoms with Gasteiger partial charge in [0.25, 0.3) is 0 Å². The lowest BCUT2D eigenvalue weighted by Gasteiger charge is -2.38. The molecule has 0 aliphatic carbocycles. The molecule has 1 saturated heterocycles. The maximum Gasteiger partial charge on any atom is 0.0643 e. The molecule has 2 nitrogen and oxygen atoms in total. The van der Waals surface area contributed by atoms with Crippen LogP contribution in [0.4, 0.5) is 0 Å². The Hall–Kier alpha value is -0.800. The Bertz CT molecular complexity index is 475. The number of nitrogens with one attached hydrogen (secondary N) is 1. The lowest BCUT2D eigenvalue weighted by molar-refractivity contribution is -0.0773. The molecule has 1 fully saturated rings. The van der Waals surface area contributed by atoms with Crippen LogP contribution in [0.5, 0.6) is 0 Å². The molecule has 3 heteroatoms. The topological polar surface area (TPSA) is 21.3 Å². The van der Waals surface area contributed by atoms with Gasteiger partial charge in [-0.3, -0.25) is 0 Å². The van der Waals surface area contributed by atoms with Crippen molar-refractivity contribution in [3.8, 4) is 0 Å². The molecule has 0 amide bonds. The minimum atomic E-state index is 0.0285. The van der Waals surface area contributed by atoms with Gasteiger partial charge in [-0.25, -0.2) is 0 Å². The van der Waals surface area contributed by atoms with Gasteiger partial charge in [0.15, 0.2) is 0 Å². The Morgan fingerprint density at radius 1 is 1.50 bits per heavy atom. The number of rotatable bonds is 1. The van der Waals surface area contributed by atoms with Crippen molar-refractivity contribution in [1.29, 1.82) is 0 Å². The molecular formula is C15H21NOS. The van der Waals surface area contributed by atoms with Crippen LogP contribution in [-0.4, -0.2) is 12.2 Å². The fourth-order valence-electron chi connectivity index (χ4n) is 3.23. The summed E-state index contributed by atoms with van der Waals surface area (Å²) < 4.78 is 5.84. The normalized spacial score (nSPS) is 32.3. The fourth-order valence-corrected chi connectivity index (χ4v) is 4.28. The van der Waals surface area contributed by atoms with Gasteiger partial charge in [0, 0.05) is 22.7 Å². The van der Waals surface area contributed by atoms with Gasteiger partial charge >= 0.3 is 0 Å². The lowest BCUT2D eigenvalue weighted by atomic mass is 9.83. The Morgan fingerprint density at radius 3 is 3.06 bits per heavy atom. The number of hydrogen-bond donors (Lipinski definition) is 1. The van der Waals surface area contributed by atoms with Crippen molar-refractivity contribution in [3.63, 3.8) is 0 Å². The Labute approximate surface area is 113 Å². The maximum atomic E-state index is 5.84. The second kappa shape index (κ2) is 4.39. The smallest absolute Gasteiger partial charge is 0.0643 e. The number of fused-ring (bicyclic) bond motifs is 1. The van der Waals surface area contributed by atoms with E-state index in [1.54, 1.807) is 0 Å². The van der Waals surface area contributed by atoms with Gasteiger partial charge < -0.3 is 10.1 Å². The van der Waals surface area contributed by atoms with E-state index in [9.17, 15) is 0 Å². The van der Waals surface area contributed by atoms with Gasteiger partial charge in [0.2, 0.25) is 0 Å². The zero-order chi connectivity index (χ0) is 12.8. The summed E-state index contributed by atoms with van der Waals surface area (Å²) in [6.45, 7) is 7.42. The summed E-state index contributed by atoms with van der Waals surface area (Å²) in [4.78, 5) is 1.52. The highest BCUT2D eigenvalue weighted by Gasteiger charge is 2.38. The van der Waals surface area contributed by atoms with Crippen LogP contribution in [0.15, 0.2) is 17.5 Å². The average Bonchev–Trinajstić information content (AvgIpc) is 2.88. The molecular weight excluding hydrogens is 242 g/mol. The Morgan fingerprint density at radius 2 is 2.33 bits per heavy atom. The van der Waals surface area contributed by atoms with Gasteiger partial charge in [-0.2, -0.15) is 0 Å². The zero-order valence-electron chi connectivity index (χ0n) is 11.3. The number of ether oxygens (including phenoxy) is 1. The van der Waals surface area contributed by atoms with E-state index >= 15 is 0 Å². The molecule has 1 aromatic heterocycles. The Balaban J connectivity index is 1.87. The molecule has 0 spiro atoms. The van der Waals surface area contributed by atoms with Crippen LogP contribution in [0.3, 0.4) is 0 Å². The van der Waals surface area contributed by atoms with Crippen molar-refractivity contribution in [3.05, 3.63) is 28.0 Å². The quantitative estimate of drug-likeness (QED) is 0.828. The summed E-state index contributed by atoms with van der Waals surface area (Å²) in [5.41, 5.74) is 2.75. The van der Waals surface area contributed by atoms with Crippen LogP contribution in [0.25, 0.3) is 5.70 Å². The second-order valence-electron chi connectivity index (χ2n) is 5.88. The van der Waals surface area contributed by atoms with E-state index in [1.807, 2.05) is 11.3 Å². The predicted molar refractivity (Wildman–Crippen MR) is 76.6 cm³/mol. The predicted octanol–water partition coefficient (Wildman–Crippen LogP) is 3.96. The van der Waals surface area contributed by atoms with Crippen LogP contribution in [0, 0.1) is 5.92 Å². The minimum Gasteiger partial charge on any atom is -0.377 e. The summed E-state index contributed by atoms with van der Waals surface area (Å²) in [6, 6.07) is 2.74. The average molecular weight is 263 g/mol. The molecule has 1 N–H and O–H groups in total. The van der Waals surface area contributed by atoms with E-state index in [-0.39, 0.29) is 5.60 Å². The van der Waals surface area contributed by atoms with Crippen molar-refractivity contribution in [2.75, 3.05) is 6.61 Å². The number of thiophene rings is 1. The molecule has 0 saturated carbocycles. The first-order valence-electron chi connectivity index (χ1n) is 6.75. The second-order valence-corrected chi connectivity index (χ2v) is 6.83. The highest BCUT2D eigenvalue weighted by atomic mass is 32.1. The third-order valence-electron chi connectivity index (χ3n) is 4.07. The van der Waals surface area contributed by atoms with Crippen molar-refractivity contribution < 1.29 is 4.74 Å². The molecule has 2 aliphatic rings. The molecule has 1 aromatic rings. The molecule has 18 heavy (non-hydrogen) atoms. The number of allylic oxidation sites excluding steroid dienone is 1. The standard InChI is InChI=1S/C15H21NOS/c1-4-12-11-6-8-18-14(11)13(16-12)10-5-7-17-15(2,3)9-10/h4,6,8,10,13,16H,5,7,9H2,1-3H3/b12-4-/t10-,13-/m1/s1. The van der Waals surface area contributed by atoms with E-state index in [0.717, 1.165) is 19.4 Å². The zero-order valence-corrected chi connectivity index (χ0v) is 12.1. The molecule has 3 rings (SSSR count). The molecule has 2 aliphatic heterocycles. The van der Waals surface area contributed by atoms with Crippen LogP contribution >= 0.6 is 11.3 Å². The van der Waals surface area contributed by atoms with Crippen LogP contribution in [-0.2, 0) is 4.74 Å². The fraction of sp³-hybridized carbons (Fsp3) is 0.600. The largest absolute Gasteiger partial charge is 0.377 e. The molecule has 0 unspecified atom stereocenters. The van der Waals surface area contributed by atoms with Crippen molar-refractivity contribution in [2.24, 2.45) is 5.92 Å². The summed E-state index contributed by atoms with van der Waals surface area (Å²) in [6.07, 6.45) is 4.49. The maximum absolute atomic E-state index is 5.84. The van der Waals surface area contributed by atoms with Gasteiger partial charge in [-0.15, -0.1) is 11.3 Å². The van der Waals surface area contributed by atoms with E-state index < -0.39 is 0 Å². The van der Waals surface area contributed by atoms with Crippen LogP contribution in [0.2, 0.25) is 0 Å². The monoisotopic (exact) mass is 263 g/mol. The van der Waals surface area contributed by atoms with E-state index in [2.05, 4.69) is 43.6 Å². The first-order valence-corrected chi connectivity index (χ1v) is 7.63. The van der Waals surface area contributed by atoms with E-state index in [1.165, 1.54) is 16.1 Å². The van der Waals surface area contributed by atoms with E-state index in [0.29, 0.717) is 12.0 Å². The molecule has 0 radical (unpaired) electrons. The summed E-state index contributed by atoms with van der Waals surface area (Å²) in [5, 5.41) is 5.92. The van der Waals surface area contributed by atoms with Crippen molar-refractivity contribution >= 4 is 17.0 Å². The molecule has 98 valence electrons. The summed E-state index contributed by atoms with van der Waals surface area (Å²) in [5.74, 6) is 0.684. The Kier molecular flexibility index (Phi) is 2.99. The highest BCUT2D eigenvalue weighted by Crippen LogP contribution is 2.45. The van der Waals surface area contributed by atoms with Gasteiger partial charge in [-0.1, -0.05) is 6.08 Å².